The summed E-state index contributed by atoms with van der Waals surface area (Å²) < 4.78 is 5.06. The number of benzene rings is 1. The molecule has 0 aliphatic carbocycles. The van der Waals surface area contributed by atoms with Gasteiger partial charge in [-0.25, -0.2) is 9.69 Å². The van der Waals surface area contributed by atoms with Gasteiger partial charge in [-0.15, -0.1) is 11.8 Å². The lowest BCUT2D eigenvalue weighted by Gasteiger charge is -2.15. The number of carbonyl (C=O) groups excluding carboxylic acids is 2. The molecule has 5 nitrogen and oxygen atoms in total. The quantitative estimate of drug-likeness (QED) is 0.760. The number of imide groups is 1. The molecule has 0 aromatic heterocycles. The van der Waals surface area contributed by atoms with Gasteiger partial charge in [-0.3, -0.25) is 4.79 Å². The van der Waals surface area contributed by atoms with E-state index in [9.17, 15) is 9.59 Å². The minimum absolute atomic E-state index is 0.129. The zero-order chi connectivity index (χ0) is 12.7. The normalized spacial score (nSPS) is 22.6. The Labute approximate surface area is 109 Å². The Balaban J connectivity index is 1.92. The maximum Gasteiger partial charge on any atom is 0.332 e. The molecule has 0 bridgehead atoms. The van der Waals surface area contributed by atoms with Gasteiger partial charge in [-0.05, 0) is 24.3 Å². The van der Waals surface area contributed by atoms with Crippen molar-refractivity contribution in [3.05, 3.63) is 24.3 Å². The number of ether oxygens (including phenoxy) is 1. The Morgan fingerprint density at radius 1 is 1.28 bits per heavy atom. The highest BCUT2D eigenvalue weighted by Crippen LogP contribution is 2.33. The van der Waals surface area contributed by atoms with Crippen molar-refractivity contribution < 1.29 is 14.3 Å². The number of thioether (sulfide) groups is 1. The summed E-state index contributed by atoms with van der Waals surface area (Å²) in [7, 11) is 1.58. The van der Waals surface area contributed by atoms with Crippen LogP contribution in [-0.4, -0.2) is 41.6 Å². The molecule has 0 saturated carbocycles. The van der Waals surface area contributed by atoms with E-state index in [2.05, 4.69) is 0 Å². The molecule has 0 spiro atoms. The molecule has 3 amide bonds. The van der Waals surface area contributed by atoms with Gasteiger partial charge >= 0.3 is 6.03 Å². The molecule has 6 heteroatoms. The summed E-state index contributed by atoms with van der Waals surface area (Å²) in [5, 5.41) is 0. The van der Waals surface area contributed by atoms with Gasteiger partial charge in [0.25, 0.3) is 5.91 Å². The van der Waals surface area contributed by atoms with Crippen molar-refractivity contribution in [1.82, 2.24) is 4.90 Å². The molecule has 1 aromatic carbocycles. The molecule has 2 aliphatic rings. The van der Waals surface area contributed by atoms with E-state index in [1.54, 1.807) is 48.0 Å². The van der Waals surface area contributed by atoms with Crippen LogP contribution in [0.1, 0.15) is 0 Å². The van der Waals surface area contributed by atoms with Crippen LogP contribution in [0, 0.1) is 0 Å². The van der Waals surface area contributed by atoms with Crippen LogP contribution in [0.15, 0.2) is 24.3 Å². The Kier molecular flexibility index (Phi) is 2.66. The van der Waals surface area contributed by atoms with Crippen molar-refractivity contribution >= 4 is 29.4 Å². The zero-order valence-electron chi connectivity index (χ0n) is 9.83. The van der Waals surface area contributed by atoms with E-state index in [0.717, 1.165) is 0 Å². The van der Waals surface area contributed by atoms with E-state index in [1.165, 1.54) is 4.90 Å². The third kappa shape index (κ3) is 1.56. The Morgan fingerprint density at radius 2 is 2.00 bits per heavy atom. The van der Waals surface area contributed by atoms with Crippen LogP contribution in [0.5, 0.6) is 5.75 Å². The highest BCUT2D eigenvalue weighted by Gasteiger charge is 2.48. The lowest BCUT2D eigenvalue weighted by Crippen LogP contribution is -2.32. The number of hydrogen-bond acceptors (Lipinski definition) is 4. The molecule has 3 rings (SSSR count). The Bertz CT molecular complexity index is 481. The highest BCUT2D eigenvalue weighted by molar-refractivity contribution is 7.99. The topological polar surface area (TPSA) is 49.9 Å². The van der Waals surface area contributed by atoms with Crippen LogP contribution >= 0.6 is 11.8 Å². The van der Waals surface area contributed by atoms with Crippen LogP contribution in [0.25, 0.3) is 0 Å². The molecular weight excluding hydrogens is 252 g/mol. The summed E-state index contributed by atoms with van der Waals surface area (Å²) >= 11 is 1.61. The number of urea groups is 1. The summed E-state index contributed by atoms with van der Waals surface area (Å²) in [4.78, 5) is 27.2. The smallest absolute Gasteiger partial charge is 0.332 e. The van der Waals surface area contributed by atoms with Crippen molar-refractivity contribution in [2.75, 3.05) is 23.6 Å². The number of hydrogen-bond donors (Lipinski definition) is 0. The number of anilines is 1. The van der Waals surface area contributed by atoms with Crippen LogP contribution in [-0.2, 0) is 4.79 Å². The van der Waals surface area contributed by atoms with E-state index in [0.29, 0.717) is 23.1 Å². The van der Waals surface area contributed by atoms with Crippen LogP contribution in [0.3, 0.4) is 0 Å². The summed E-state index contributed by atoms with van der Waals surface area (Å²) in [5.74, 6) is 1.86. The van der Waals surface area contributed by atoms with Gasteiger partial charge in [0.05, 0.1) is 18.7 Å². The number of rotatable bonds is 2. The average molecular weight is 264 g/mol. The van der Waals surface area contributed by atoms with Gasteiger partial charge in [0.1, 0.15) is 11.8 Å². The van der Waals surface area contributed by atoms with Crippen LogP contribution in [0.2, 0.25) is 0 Å². The number of nitrogens with zero attached hydrogens (tertiary/aromatic N) is 2. The average Bonchev–Trinajstić information content (AvgIpc) is 2.95. The second-order valence-electron chi connectivity index (χ2n) is 4.14. The van der Waals surface area contributed by atoms with Gasteiger partial charge in [-0.2, -0.15) is 0 Å². The fourth-order valence-electron chi connectivity index (χ4n) is 2.18. The third-order valence-electron chi connectivity index (χ3n) is 3.16. The van der Waals surface area contributed by atoms with E-state index >= 15 is 0 Å². The maximum atomic E-state index is 12.2. The van der Waals surface area contributed by atoms with Crippen LogP contribution < -0.4 is 9.64 Å². The van der Waals surface area contributed by atoms with E-state index < -0.39 is 0 Å². The van der Waals surface area contributed by atoms with Crippen molar-refractivity contribution in [1.29, 1.82) is 0 Å². The molecule has 94 valence electrons. The predicted molar refractivity (Wildman–Crippen MR) is 68.8 cm³/mol. The first-order chi connectivity index (χ1) is 8.72. The van der Waals surface area contributed by atoms with Gasteiger partial charge in [-0.1, -0.05) is 0 Å². The van der Waals surface area contributed by atoms with E-state index in [1.807, 2.05) is 0 Å². The van der Waals surface area contributed by atoms with Crippen molar-refractivity contribution in [2.45, 2.75) is 6.04 Å². The molecule has 1 atom stereocenters. The Morgan fingerprint density at radius 3 is 2.61 bits per heavy atom. The molecule has 0 N–H and O–H groups in total. The number of fused-ring (bicyclic) bond motifs is 1. The van der Waals surface area contributed by atoms with E-state index in [-0.39, 0.29) is 18.0 Å². The molecule has 2 fully saturated rings. The minimum Gasteiger partial charge on any atom is -0.497 e. The van der Waals surface area contributed by atoms with Crippen LogP contribution in [0.4, 0.5) is 10.5 Å². The first-order valence-electron chi connectivity index (χ1n) is 5.59. The molecule has 18 heavy (non-hydrogen) atoms. The van der Waals surface area contributed by atoms with Crippen molar-refractivity contribution in [3.8, 4) is 5.75 Å². The lowest BCUT2D eigenvalue weighted by molar-refractivity contribution is -0.118. The summed E-state index contributed by atoms with van der Waals surface area (Å²) in [6.45, 7) is 0. The van der Waals surface area contributed by atoms with Gasteiger partial charge in [0, 0.05) is 5.75 Å². The molecule has 0 radical (unpaired) electrons. The van der Waals surface area contributed by atoms with Gasteiger partial charge in [0.15, 0.2) is 0 Å². The number of carbonyl (C=O) groups is 2. The second kappa shape index (κ2) is 4.20. The first-order valence-corrected chi connectivity index (χ1v) is 6.74. The minimum atomic E-state index is -0.287. The fraction of sp³-hybridized carbons (Fsp3) is 0.333. The number of amides is 3. The van der Waals surface area contributed by atoms with Crippen molar-refractivity contribution in [3.63, 3.8) is 0 Å². The summed E-state index contributed by atoms with van der Waals surface area (Å²) in [6.07, 6.45) is 0. The fourth-order valence-corrected chi connectivity index (χ4v) is 3.31. The van der Waals surface area contributed by atoms with Gasteiger partial charge < -0.3 is 9.64 Å². The largest absolute Gasteiger partial charge is 0.497 e. The lowest BCUT2D eigenvalue weighted by atomic mass is 10.2. The van der Waals surface area contributed by atoms with Crippen molar-refractivity contribution in [2.24, 2.45) is 0 Å². The standard InChI is InChI=1S/C12H12N2O3S/c1-17-9-4-2-8(3-5-9)14-11(15)10-6-18-7-13(10)12(14)16/h2-5,10H,6-7H2,1H3/t10-/m1/s1. The Hall–Kier alpha value is -1.69. The molecule has 0 unspecified atom stereocenters. The van der Waals surface area contributed by atoms with E-state index in [4.69, 9.17) is 4.74 Å². The zero-order valence-corrected chi connectivity index (χ0v) is 10.6. The molecular formula is C12H12N2O3S. The molecule has 2 heterocycles. The third-order valence-corrected chi connectivity index (χ3v) is 4.17. The first kappa shape index (κ1) is 11.4. The maximum absolute atomic E-state index is 12.2. The second-order valence-corrected chi connectivity index (χ2v) is 5.14. The molecule has 1 aromatic rings. The highest BCUT2D eigenvalue weighted by atomic mass is 32.2. The summed E-state index contributed by atoms with van der Waals surface area (Å²) in [5.41, 5.74) is 0.602. The monoisotopic (exact) mass is 264 g/mol. The number of methoxy groups -OCH3 is 1. The summed E-state index contributed by atoms with van der Waals surface area (Å²) in [6, 6.07) is 6.43. The van der Waals surface area contributed by atoms with Gasteiger partial charge in [0.2, 0.25) is 0 Å². The molecule has 2 aliphatic heterocycles. The SMILES string of the molecule is COc1ccc(N2C(=O)[C@H]3CSCN3C2=O)cc1. The molecule has 2 saturated heterocycles. The predicted octanol–water partition coefficient (Wildman–Crippen LogP) is 1.54.